The molecule has 4 nitrogen and oxygen atoms in total. The molecule has 0 saturated heterocycles. The molecule has 2 aromatic carbocycles. The van der Waals surface area contributed by atoms with Crippen LogP contribution in [0.1, 0.15) is 16.7 Å². The van der Waals surface area contributed by atoms with Crippen molar-refractivity contribution in [2.75, 3.05) is 5.32 Å². The van der Waals surface area contributed by atoms with Gasteiger partial charge in [-0.2, -0.15) is 4.98 Å². The summed E-state index contributed by atoms with van der Waals surface area (Å²) in [5.41, 5.74) is 4.88. The van der Waals surface area contributed by atoms with E-state index in [1.807, 2.05) is 38.1 Å². The minimum Gasteiger partial charge on any atom is -0.423 e. The number of aryl methyl sites for hydroxylation is 2. The molecule has 0 bridgehead atoms. The fourth-order valence-corrected chi connectivity index (χ4v) is 4.14. The molecule has 3 aromatic rings. The largest absolute Gasteiger partial charge is 0.423 e. The summed E-state index contributed by atoms with van der Waals surface area (Å²) in [6, 6.07) is 12.4. The summed E-state index contributed by atoms with van der Waals surface area (Å²) in [4.78, 5) is 18.0. The number of amides is 1. The van der Waals surface area contributed by atoms with Crippen molar-refractivity contribution < 1.29 is 9.21 Å². The number of rotatable bonds is 2. The molecule has 116 valence electrons. The fourth-order valence-electron chi connectivity index (χ4n) is 2.94. The topological polar surface area (TPSA) is 55.1 Å². The lowest BCUT2D eigenvalue weighted by Gasteiger charge is -2.06. The molecule has 0 unspecified atom stereocenters. The standard InChI is InChI=1S/C18H16N2O2S/c1-10-7-11(2)16-13(8-10)19-18(22-16)20-17(21)15-9-12-5-3-4-6-14(12)23-15/h3-8,15H,9H2,1-2H3,(H,19,20,21)/t15-/m1/s1. The number of hydrogen-bond acceptors (Lipinski definition) is 4. The maximum atomic E-state index is 12.5. The Morgan fingerprint density at radius 1 is 1.30 bits per heavy atom. The third-order valence-electron chi connectivity index (χ3n) is 3.99. The quantitative estimate of drug-likeness (QED) is 0.771. The minimum absolute atomic E-state index is 0.0628. The highest BCUT2D eigenvalue weighted by Gasteiger charge is 2.28. The first-order valence-electron chi connectivity index (χ1n) is 7.53. The minimum atomic E-state index is -0.134. The number of hydrogen-bond donors (Lipinski definition) is 1. The molecule has 1 aliphatic heterocycles. The molecular formula is C18H16N2O2S. The van der Waals surface area contributed by atoms with Gasteiger partial charge in [0.1, 0.15) is 5.52 Å². The second kappa shape index (κ2) is 5.42. The monoisotopic (exact) mass is 324 g/mol. The van der Waals surface area contributed by atoms with Crippen LogP contribution in [0.4, 0.5) is 6.01 Å². The van der Waals surface area contributed by atoms with E-state index in [2.05, 4.69) is 22.4 Å². The molecule has 2 heterocycles. The Morgan fingerprint density at radius 3 is 2.96 bits per heavy atom. The maximum Gasteiger partial charge on any atom is 0.302 e. The Labute approximate surface area is 138 Å². The zero-order valence-electron chi connectivity index (χ0n) is 12.9. The highest BCUT2D eigenvalue weighted by atomic mass is 32.2. The normalized spacial score (nSPS) is 16.5. The van der Waals surface area contributed by atoms with Crippen molar-refractivity contribution in [1.82, 2.24) is 4.98 Å². The van der Waals surface area contributed by atoms with Gasteiger partial charge in [0.05, 0.1) is 5.25 Å². The summed E-state index contributed by atoms with van der Waals surface area (Å²) < 4.78 is 5.71. The molecule has 1 aromatic heterocycles. The zero-order chi connectivity index (χ0) is 16.0. The van der Waals surface area contributed by atoms with Crippen molar-refractivity contribution in [3.8, 4) is 0 Å². The van der Waals surface area contributed by atoms with Gasteiger partial charge in [-0.25, -0.2) is 0 Å². The van der Waals surface area contributed by atoms with Gasteiger partial charge in [0.25, 0.3) is 0 Å². The van der Waals surface area contributed by atoms with Crippen LogP contribution in [0.25, 0.3) is 11.1 Å². The Bertz CT molecular complexity index is 892. The highest BCUT2D eigenvalue weighted by molar-refractivity contribution is 8.01. The van der Waals surface area contributed by atoms with Gasteiger partial charge in [-0.05, 0) is 49.1 Å². The zero-order valence-corrected chi connectivity index (χ0v) is 13.7. The fraction of sp³-hybridized carbons (Fsp3) is 0.222. The van der Waals surface area contributed by atoms with E-state index in [-0.39, 0.29) is 17.2 Å². The van der Waals surface area contributed by atoms with Crippen LogP contribution in [0.15, 0.2) is 45.7 Å². The lowest BCUT2D eigenvalue weighted by atomic mass is 10.1. The van der Waals surface area contributed by atoms with E-state index in [1.165, 1.54) is 10.5 Å². The lowest BCUT2D eigenvalue weighted by molar-refractivity contribution is -0.115. The van der Waals surface area contributed by atoms with E-state index < -0.39 is 0 Å². The van der Waals surface area contributed by atoms with Crippen molar-refractivity contribution >= 4 is 34.8 Å². The molecule has 23 heavy (non-hydrogen) atoms. The first-order chi connectivity index (χ1) is 11.1. The van der Waals surface area contributed by atoms with Crippen LogP contribution in [0.3, 0.4) is 0 Å². The molecule has 1 atom stereocenters. The average Bonchev–Trinajstić information content (AvgIpc) is 3.10. The van der Waals surface area contributed by atoms with E-state index in [0.717, 1.165) is 28.6 Å². The van der Waals surface area contributed by atoms with Crippen molar-refractivity contribution in [3.63, 3.8) is 0 Å². The smallest absolute Gasteiger partial charge is 0.302 e. The summed E-state index contributed by atoms with van der Waals surface area (Å²) in [5, 5.41) is 2.68. The molecular weight excluding hydrogens is 308 g/mol. The van der Waals surface area contributed by atoms with Crippen molar-refractivity contribution in [1.29, 1.82) is 0 Å². The van der Waals surface area contributed by atoms with Gasteiger partial charge < -0.3 is 4.42 Å². The molecule has 0 fully saturated rings. The van der Waals surface area contributed by atoms with Crippen molar-refractivity contribution in [2.24, 2.45) is 0 Å². The maximum absolute atomic E-state index is 12.5. The van der Waals surface area contributed by atoms with Gasteiger partial charge in [0.15, 0.2) is 5.58 Å². The number of thioether (sulfide) groups is 1. The van der Waals surface area contributed by atoms with Crippen LogP contribution in [-0.2, 0) is 11.2 Å². The SMILES string of the molecule is Cc1cc(C)c2oc(NC(=O)[C@H]3Cc4ccccc4S3)nc2c1. The second-order valence-corrected chi connectivity index (χ2v) is 7.10. The molecule has 5 heteroatoms. The number of anilines is 1. The van der Waals surface area contributed by atoms with E-state index in [4.69, 9.17) is 4.42 Å². The molecule has 1 aliphatic rings. The lowest BCUT2D eigenvalue weighted by Crippen LogP contribution is -2.24. The summed E-state index contributed by atoms with van der Waals surface area (Å²) >= 11 is 1.59. The predicted molar refractivity (Wildman–Crippen MR) is 91.9 cm³/mol. The van der Waals surface area contributed by atoms with Gasteiger partial charge in [-0.15, -0.1) is 11.8 Å². The number of carbonyl (C=O) groups excluding carboxylic acids is 1. The Morgan fingerprint density at radius 2 is 2.13 bits per heavy atom. The van der Waals surface area contributed by atoms with Gasteiger partial charge in [0, 0.05) is 4.90 Å². The molecule has 0 aliphatic carbocycles. The number of carbonyl (C=O) groups is 1. The van der Waals surface area contributed by atoms with Crippen LogP contribution < -0.4 is 5.32 Å². The van der Waals surface area contributed by atoms with E-state index in [9.17, 15) is 4.79 Å². The molecule has 0 saturated carbocycles. The predicted octanol–water partition coefficient (Wildman–Crippen LogP) is 4.10. The van der Waals surface area contributed by atoms with Crippen LogP contribution in [-0.4, -0.2) is 16.1 Å². The van der Waals surface area contributed by atoms with E-state index >= 15 is 0 Å². The number of aromatic nitrogens is 1. The first kappa shape index (κ1) is 14.3. The summed E-state index contributed by atoms with van der Waals surface area (Å²) in [6.45, 7) is 4.00. The van der Waals surface area contributed by atoms with E-state index in [1.54, 1.807) is 11.8 Å². The van der Waals surface area contributed by atoms with Gasteiger partial charge >= 0.3 is 6.01 Å². The van der Waals surface area contributed by atoms with Crippen molar-refractivity contribution in [3.05, 3.63) is 53.1 Å². The number of nitrogens with zero attached hydrogens (tertiary/aromatic N) is 1. The molecule has 4 rings (SSSR count). The molecule has 1 amide bonds. The van der Waals surface area contributed by atoms with Crippen LogP contribution in [0.5, 0.6) is 0 Å². The molecule has 1 N–H and O–H groups in total. The van der Waals surface area contributed by atoms with Crippen LogP contribution >= 0.6 is 11.8 Å². The highest BCUT2D eigenvalue weighted by Crippen LogP contribution is 2.37. The molecule has 0 radical (unpaired) electrons. The average molecular weight is 324 g/mol. The summed E-state index contributed by atoms with van der Waals surface area (Å²) in [5.74, 6) is -0.0628. The first-order valence-corrected chi connectivity index (χ1v) is 8.41. The number of benzene rings is 2. The summed E-state index contributed by atoms with van der Waals surface area (Å²) in [7, 11) is 0. The van der Waals surface area contributed by atoms with Gasteiger partial charge in [0.2, 0.25) is 5.91 Å². The number of fused-ring (bicyclic) bond motifs is 2. The second-order valence-electron chi connectivity index (χ2n) is 5.86. The third kappa shape index (κ3) is 2.61. The molecule has 0 spiro atoms. The van der Waals surface area contributed by atoms with Gasteiger partial charge in [-0.1, -0.05) is 24.3 Å². The van der Waals surface area contributed by atoms with Gasteiger partial charge in [-0.3, -0.25) is 10.1 Å². The summed E-state index contributed by atoms with van der Waals surface area (Å²) in [6.07, 6.45) is 0.741. The van der Waals surface area contributed by atoms with Crippen molar-refractivity contribution in [2.45, 2.75) is 30.4 Å². The Hall–Kier alpha value is -2.27. The number of nitrogens with one attached hydrogen (secondary N) is 1. The third-order valence-corrected chi connectivity index (χ3v) is 5.31. The number of oxazole rings is 1. The Kier molecular flexibility index (Phi) is 3.38. The van der Waals surface area contributed by atoms with E-state index in [0.29, 0.717) is 0 Å². The van der Waals surface area contributed by atoms with Crippen LogP contribution in [0, 0.1) is 13.8 Å². The van der Waals surface area contributed by atoms with Crippen LogP contribution in [0.2, 0.25) is 0 Å². The Balaban J connectivity index is 1.55.